The molecule has 0 atom stereocenters. The van der Waals surface area contributed by atoms with Crippen LogP contribution in [0, 0.1) is 0 Å². The molecule has 8 heteroatoms. The fraction of sp³-hybridized carbons (Fsp3) is 0.333. The molecule has 2 heterocycles. The fourth-order valence-electron chi connectivity index (χ4n) is 1.96. The number of nitrogens with zero attached hydrogens (tertiary/aromatic N) is 3. The Morgan fingerprint density at radius 2 is 2.10 bits per heavy atom. The van der Waals surface area contributed by atoms with Crippen molar-refractivity contribution in [3.05, 3.63) is 18.5 Å². The van der Waals surface area contributed by atoms with Crippen LogP contribution in [-0.2, 0) is 16.2 Å². The van der Waals surface area contributed by atoms with Crippen LogP contribution in [0.15, 0.2) is 12.9 Å². The molecule has 0 spiro atoms. The number of anilines is 2. The number of nitrogen functional groups attached to an aromatic ring is 2. The Morgan fingerprint density at radius 1 is 1.35 bits per heavy atom. The highest BCUT2D eigenvalue weighted by Crippen LogP contribution is 2.32. The van der Waals surface area contributed by atoms with Crippen molar-refractivity contribution in [1.82, 2.24) is 14.5 Å². The molecule has 20 heavy (non-hydrogen) atoms. The second-order valence-electron chi connectivity index (χ2n) is 4.20. The molecule has 2 aromatic heterocycles. The first kappa shape index (κ1) is 14.1. The lowest BCUT2D eigenvalue weighted by atomic mass is 10.2. The highest BCUT2D eigenvalue weighted by Gasteiger charge is 2.19. The van der Waals surface area contributed by atoms with Gasteiger partial charge < -0.3 is 26.7 Å². The molecule has 0 amide bonds. The molecule has 0 saturated heterocycles. The SMILES string of the molecule is C=C(N)c1c(N)n(COCCOC)c2ncnc(N)c12. The van der Waals surface area contributed by atoms with Gasteiger partial charge in [0.05, 0.1) is 24.2 Å². The predicted octanol–water partition coefficient (Wildman–Crippen LogP) is 0.146. The van der Waals surface area contributed by atoms with Crippen molar-refractivity contribution >= 4 is 28.4 Å². The second-order valence-corrected chi connectivity index (χ2v) is 4.20. The molecule has 0 radical (unpaired) electrons. The maximum atomic E-state index is 6.09. The number of fused-ring (bicyclic) bond motifs is 1. The van der Waals surface area contributed by atoms with Gasteiger partial charge in [0.25, 0.3) is 0 Å². The lowest BCUT2D eigenvalue weighted by molar-refractivity contribution is 0.0366. The van der Waals surface area contributed by atoms with Crippen molar-refractivity contribution in [3.8, 4) is 0 Å². The Kier molecular flexibility index (Phi) is 4.06. The van der Waals surface area contributed by atoms with Gasteiger partial charge in [0, 0.05) is 12.8 Å². The molecule has 108 valence electrons. The number of nitrogens with two attached hydrogens (primary N) is 3. The summed E-state index contributed by atoms with van der Waals surface area (Å²) < 4.78 is 12.1. The zero-order valence-corrected chi connectivity index (χ0v) is 11.3. The van der Waals surface area contributed by atoms with Crippen LogP contribution in [0.2, 0.25) is 0 Å². The normalized spacial score (nSPS) is 11.1. The third-order valence-electron chi connectivity index (χ3n) is 2.88. The van der Waals surface area contributed by atoms with Crippen molar-refractivity contribution in [2.24, 2.45) is 5.73 Å². The van der Waals surface area contributed by atoms with E-state index in [0.29, 0.717) is 47.1 Å². The van der Waals surface area contributed by atoms with E-state index in [4.69, 9.17) is 26.7 Å². The van der Waals surface area contributed by atoms with Gasteiger partial charge in [-0.2, -0.15) is 0 Å². The molecular weight excluding hydrogens is 260 g/mol. The van der Waals surface area contributed by atoms with Crippen molar-refractivity contribution in [2.75, 3.05) is 31.8 Å². The number of hydrogen-bond acceptors (Lipinski definition) is 7. The number of aromatic nitrogens is 3. The van der Waals surface area contributed by atoms with E-state index in [9.17, 15) is 0 Å². The molecule has 2 rings (SSSR count). The summed E-state index contributed by atoms with van der Waals surface area (Å²) in [7, 11) is 1.60. The van der Waals surface area contributed by atoms with E-state index in [0.717, 1.165) is 0 Å². The standard InChI is InChI=1S/C12H18N6O2/c1-7(13)8-9-10(14)16-5-17-12(9)18(11(8)15)6-20-4-3-19-2/h5H,1,3-4,6,13,15H2,2H3,(H2,14,16,17). The van der Waals surface area contributed by atoms with E-state index in [1.807, 2.05) is 0 Å². The summed E-state index contributed by atoms with van der Waals surface area (Å²) in [5, 5.41) is 0.591. The number of hydrogen-bond donors (Lipinski definition) is 3. The van der Waals surface area contributed by atoms with Crippen molar-refractivity contribution < 1.29 is 9.47 Å². The summed E-state index contributed by atoms with van der Waals surface area (Å²) in [4.78, 5) is 8.14. The van der Waals surface area contributed by atoms with Gasteiger partial charge in [-0.1, -0.05) is 6.58 Å². The predicted molar refractivity (Wildman–Crippen MR) is 77.4 cm³/mol. The number of rotatable bonds is 6. The molecule has 0 aliphatic heterocycles. The van der Waals surface area contributed by atoms with Gasteiger partial charge in [0.15, 0.2) is 0 Å². The van der Waals surface area contributed by atoms with Crippen molar-refractivity contribution in [3.63, 3.8) is 0 Å². The Hall–Kier alpha value is -2.32. The van der Waals surface area contributed by atoms with E-state index >= 15 is 0 Å². The molecule has 2 aromatic rings. The highest BCUT2D eigenvalue weighted by atomic mass is 16.5. The summed E-state index contributed by atoms with van der Waals surface area (Å²) in [6.07, 6.45) is 1.37. The zero-order chi connectivity index (χ0) is 14.7. The molecule has 8 nitrogen and oxygen atoms in total. The largest absolute Gasteiger partial charge is 0.399 e. The highest BCUT2D eigenvalue weighted by molar-refractivity contribution is 6.01. The number of ether oxygens (including phenoxy) is 2. The minimum Gasteiger partial charge on any atom is -0.399 e. The first-order valence-corrected chi connectivity index (χ1v) is 5.97. The van der Waals surface area contributed by atoms with E-state index in [2.05, 4.69) is 16.5 Å². The summed E-state index contributed by atoms with van der Waals surface area (Å²) in [5.41, 5.74) is 19.2. The fourth-order valence-corrected chi connectivity index (χ4v) is 1.96. The van der Waals surface area contributed by atoms with Gasteiger partial charge in [-0.3, -0.25) is 4.57 Å². The number of methoxy groups -OCH3 is 1. The second kappa shape index (κ2) is 5.76. The summed E-state index contributed by atoms with van der Waals surface area (Å²) in [6.45, 7) is 4.86. The van der Waals surface area contributed by atoms with Crippen LogP contribution in [0.1, 0.15) is 5.56 Å². The molecule has 0 saturated carbocycles. The monoisotopic (exact) mass is 278 g/mol. The Morgan fingerprint density at radius 3 is 2.75 bits per heavy atom. The smallest absolute Gasteiger partial charge is 0.149 e. The van der Waals surface area contributed by atoms with E-state index in [1.54, 1.807) is 11.7 Å². The van der Waals surface area contributed by atoms with Crippen LogP contribution in [0.5, 0.6) is 0 Å². The topological polar surface area (TPSA) is 127 Å². The molecule has 0 aliphatic carbocycles. The molecule has 6 N–H and O–H groups in total. The molecule has 0 aliphatic rings. The third-order valence-corrected chi connectivity index (χ3v) is 2.88. The van der Waals surface area contributed by atoms with Gasteiger partial charge >= 0.3 is 0 Å². The quantitative estimate of drug-likeness (QED) is 0.641. The lowest BCUT2D eigenvalue weighted by Gasteiger charge is -2.08. The summed E-state index contributed by atoms with van der Waals surface area (Å²) in [6, 6.07) is 0. The molecule has 0 fully saturated rings. The van der Waals surface area contributed by atoms with Gasteiger partial charge in [-0.05, 0) is 0 Å². The van der Waals surface area contributed by atoms with Gasteiger partial charge in [0.1, 0.15) is 30.3 Å². The van der Waals surface area contributed by atoms with Crippen LogP contribution in [0.4, 0.5) is 11.6 Å². The van der Waals surface area contributed by atoms with E-state index in [1.165, 1.54) is 6.33 Å². The van der Waals surface area contributed by atoms with Gasteiger partial charge in [-0.25, -0.2) is 9.97 Å². The minimum absolute atomic E-state index is 0.218. The Bertz CT molecular complexity index is 636. The maximum Gasteiger partial charge on any atom is 0.149 e. The van der Waals surface area contributed by atoms with E-state index < -0.39 is 0 Å². The summed E-state index contributed by atoms with van der Waals surface area (Å²) in [5.74, 6) is 0.705. The van der Waals surface area contributed by atoms with E-state index in [-0.39, 0.29) is 6.73 Å². The van der Waals surface area contributed by atoms with Crippen LogP contribution in [0.25, 0.3) is 16.7 Å². The molecular formula is C12H18N6O2. The zero-order valence-electron chi connectivity index (χ0n) is 11.3. The van der Waals surface area contributed by atoms with Gasteiger partial charge in [0.2, 0.25) is 0 Å². The lowest BCUT2D eigenvalue weighted by Crippen LogP contribution is -2.10. The average Bonchev–Trinajstić information content (AvgIpc) is 2.69. The molecule has 0 bridgehead atoms. The van der Waals surface area contributed by atoms with Crippen LogP contribution in [-0.4, -0.2) is 34.9 Å². The van der Waals surface area contributed by atoms with Crippen molar-refractivity contribution in [2.45, 2.75) is 6.73 Å². The molecule has 0 aromatic carbocycles. The molecule has 0 unspecified atom stereocenters. The van der Waals surface area contributed by atoms with Crippen LogP contribution >= 0.6 is 0 Å². The van der Waals surface area contributed by atoms with Crippen LogP contribution in [0.3, 0.4) is 0 Å². The third kappa shape index (κ3) is 2.38. The van der Waals surface area contributed by atoms with Crippen LogP contribution < -0.4 is 17.2 Å². The Labute approximate surface area is 116 Å². The van der Waals surface area contributed by atoms with Gasteiger partial charge in [-0.15, -0.1) is 0 Å². The first-order chi connectivity index (χ1) is 9.57. The maximum absolute atomic E-state index is 6.09. The minimum atomic E-state index is 0.218. The van der Waals surface area contributed by atoms with Crippen molar-refractivity contribution in [1.29, 1.82) is 0 Å². The average molecular weight is 278 g/mol. The first-order valence-electron chi connectivity index (χ1n) is 5.97. The Balaban J connectivity index is 2.46. The summed E-state index contributed by atoms with van der Waals surface area (Å²) >= 11 is 0.